The van der Waals surface area contributed by atoms with Crippen molar-refractivity contribution in [3.8, 4) is 46.0 Å². The van der Waals surface area contributed by atoms with Gasteiger partial charge in [-0.05, 0) is 181 Å². The van der Waals surface area contributed by atoms with Crippen LogP contribution in [0.15, 0.2) is 158 Å². The number of ether oxygens (including phenoxy) is 4. The zero-order chi connectivity index (χ0) is 67.7. The summed E-state index contributed by atoms with van der Waals surface area (Å²) in [4.78, 5) is 5.14. The summed E-state index contributed by atoms with van der Waals surface area (Å²) in [5.74, 6) is 5.92. The molecular weight excluding hydrogens is 1150 g/mol. The van der Waals surface area contributed by atoms with Crippen LogP contribution >= 0.6 is 0 Å². The minimum absolute atomic E-state index is 0.140. The normalized spacial score (nSPS) is 14.5. The maximum atomic E-state index is 7.66. The zero-order valence-corrected chi connectivity index (χ0v) is 60.7. The van der Waals surface area contributed by atoms with Gasteiger partial charge in [-0.2, -0.15) is 0 Å². The average molecular weight is 1250 g/mol. The maximum absolute atomic E-state index is 7.66. The number of anilines is 6. The van der Waals surface area contributed by atoms with Gasteiger partial charge in [-0.1, -0.05) is 233 Å². The molecule has 4 heterocycles. The maximum Gasteiger partial charge on any atom is 0.256 e. The highest BCUT2D eigenvalue weighted by Crippen LogP contribution is 2.52. The third kappa shape index (κ3) is 11.5. The quantitative estimate of drug-likeness (QED) is 0.155. The van der Waals surface area contributed by atoms with Gasteiger partial charge in [-0.25, -0.2) is 0 Å². The van der Waals surface area contributed by atoms with E-state index in [1.165, 1.54) is 66.8 Å². The summed E-state index contributed by atoms with van der Waals surface area (Å²) < 4.78 is 29.3. The summed E-state index contributed by atoms with van der Waals surface area (Å²) in [7, 11) is 0. The topological polar surface area (TPSA) is 43.4 Å². The van der Waals surface area contributed by atoms with Crippen LogP contribution in [0.2, 0.25) is 0 Å². The van der Waals surface area contributed by atoms with E-state index in [1.807, 2.05) is 60.7 Å². The lowest BCUT2D eigenvalue weighted by Gasteiger charge is -2.45. The zero-order valence-electron chi connectivity index (χ0n) is 60.7. The van der Waals surface area contributed by atoms with Crippen LogP contribution in [0.5, 0.6) is 46.0 Å². The molecule has 9 aromatic carbocycles. The lowest BCUT2D eigenvalue weighted by Crippen LogP contribution is -2.64. The van der Waals surface area contributed by atoms with Crippen molar-refractivity contribution in [2.75, 3.05) is 9.80 Å². The first-order chi connectivity index (χ1) is 43.6. The molecule has 0 saturated heterocycles. The second-order valence-electron chi connectivity index (χ2n) is 35.7. The summed E-state index contributed by atoms with van der Waals surface area (Å²) in [5, 5.41) is 0. The van der Waals surface area contributed by atoms with Gasteiger partial charge < -0.3 is 28.7 Å². The van der Waals surface area contributed by atoms with E-state index < -0.39 is 0 Å². The lowest BCUT2D eigenvalue weighted by molar-refractivity contribution is 0.451. The molecule has 9 aromatic rings. The molecule has 0 atom stereocenters. The van der Waals surface area contributed by atoms with Crippen LogP contribution < -0.4 is 61.5 Å². The number of hydrogen-bond donors (Lipinski definition) is 0. The summed E-state index contributed by atoms with van der Waals surface area (Å²) in [6.07, 6.45) is 0. The Hall–Kier alpha value is -8.09. The molecule has 0 spiro atoms. The second-order valence-corrected chi connectivity index (χ2v) is 35.7. The molecule has 0 aliphatic carbocycles. The van der Waals surface area contributed by atoms with Crippen LogP contribution in [0.4, 0.5) is 34.1 Å². The van der Waals surface area contributed by atoms with Crippen molar-refractivity contribution in [2.24, 2.45) is 0 Å². The average Bonchev–Trinajstić information content (AvgIpc) is 0.692. The van der Waals surface area contributed by atoms with Gasteiger partial charge in [0, 0.05) is 64.5 Å². The van der Waals surface area contributed by atoms with Crippen molar-refractivity contribution in [1.29, 1.82) is 0 Å². The SMILES string of the molecule is CC(C)(C)c1cc(N2c3cc(Oc4ccccc4)cc4c3B(c3cc5c(cc3O4)Oc3cc(Oc4ccccc4)cc4c3B5c3c(cc(C(C)(C)C)cc3C(C)(C)C)N4c3cc(C(C)(C)C)cc(C(C)(C)C)c3)c3c2cc(C(C)(C)C)cc3C(C)(C)C)cc(C(C)(C)C)c1. The summed E-state index contributed by atoms with van der Waals surface area (Å²) in [6.45, 7) is 56.0. The van der Waals surface area contributed by atoms with Crippen molar-refractivity contribution in [2.45, 2.75) is 209 Å². The predicted octanol–water partition coefficient (Wildman–Crippen LogP) is 20.5. The molecule has 0 amide bonds. The van der Waals surface area contributed by atoms with E-state index in [-0.39, 0.29) is 56.7 Å². The molecule has 4 aliphatic rings. The van der Waals surface area contributed by atoms with Crippen molar-refractivity contribution < 1.29 is 18.9 Å². The van der Waals surface area contributed by atoms with E-state index in [1.54, 1.807) is 0 Å². The number of hydrogen-bond acceptors (Lipinski definition) is 6. The van der Waals surface area contributed by atoms with E-state index in [9.17, 15) is 0 Å². The number of para-hydroxylation sites is 2. The minimum atomic E-state index is -0.284. The van der Waals surface area contributed by atoms with E-state index in [2.05, 4.69) is 273 Å². The van der Waals surface area contributed by atoms with Gasteiger partial charge in [0.25, 0.3) is 13.4 Å². The smallest absolute Gasteiger partial charge is 0.256 e. The molecule has 0 fully saturated rings. The standard InChI is InChI=1S/C86H98B2N2O4/c1-79(2,3)51-35-52(80(4,5)6)38-57(37-51)89-67-43-55(83(13,14)15)41-63(85(19,20)21)75(67)87-65-49-66-72(50-71(65)93-73-47-61(45-69(89)77(73)87)91-59-31-27-25-28-32-59)94-74-48-62(92-60-33-29-26-30-34-60)46-70-78(74)88(66)76-64(86(22,23)24)42-56(84(16,17)18)44-68(76)90(70)58-39-53(81(7,8)9)36-54(40-58)82(10,11)12/h25-50H,1-24H3. The van der Waals surface area contributed by atoms with Gasteiger partial charge in [0.1, 0.15) is 46.0 Å². The third-order valence-electron chi connectivity index (χ3n) is 19.9. The van der Waals surface area contributed by atoms with Crippen molar-refractivity contribution in [3.63, 3.8) is 0 Å². The third-order valence-corrected chi connectivity index (χ3v) is 19.9. The molecule has 6 nitrogen and oxygen atoms in total. The Kier molecular flexibility index (Phi) is 14.9. The molecule has 0 unspecified atom stereocenters. The van der Waals surface area contributed by atoms with Crippen LogP contribution in [-0.4, -0.2) is 13.4 Å². The predicted molar refractivity (Wildman–Crippen MR) is 401 cm³/mol. The highest BCUT2D eigenvalue weighted by atomic mass is 16.5. The Morgan fingerprint density at radius 1 is 0.266 bits per heavy atom. The summed E-state index contributed by atoms with van der Waals surface area (Å²) in [5.41, 5.74) is 22.5. The molecule has 0 saturated carbocycles. The Labute approximate surface area is 563 Å². The molecule has 8 heteroatoms. The molecule has 0 N–H and O–H groups in total. The van der Waals surface area contributed by atoms with E-state index in [0.29, 0.717) is 11.5 Å². The van der Waals surface area contributed by atoms with Gasteiger partial charge in [-0.3, -0.25) is 0 Å². The number of rotatable bonds is 6. The minimum Gasteiger partial charge on any atom is -0.458 e. The van der Waals surface area contributed by atoms with Gasteiger partial charge in [0.15, 0.2) is 0 Å². The monoisotopic (exact) mass is 1240 g/mol. The largest absolute Gasteiger partial charge is 0.458 e. The van der Waals surface area contributed by atoms with Gasteiger partial charge in [-0.15, -0.1) is 0 Å². The Bertz CT molecular complexity index is 4170. The van der Waals surface area contributed by atoms with E-state index in [0.717, 1.165) is 79.1 Å². The molecule has 0 aromatic heterocycles. The van der Waals surface area contributed by atoms with Crippen LogP contribution in [0.3, 0.4) is 0 Å². The van der Waals surface area contributed by atoms with Crippen LogP contribution in [0.25, 0.3) is 0 Å². The van der Waals surface area contributed by atoms with Crippen molar-refractivity contribution in [3.05, 3.63) is 202 Å². The Morgan fingerprint density at radius 2 is 0.564 bits per heavy atom. The van der Waals surface area contributed by atoms with Gasteiger partial charge >= 0.3 is 0 Å². The molecule has 13 rings (SSSR count). The van der Waals surface area contributed by atoms with Crippen LogP contribution in [0.1, 0.15) is 211 Å². The molecular formula is C86H98B2N2O4. The van der Waals surface area contributed by atoms with Gasteiger partial charge in [0.05, 0.1) is 0 Å². The Morgan fingerprint density at radius 3 is 0.862 bits per heavy atom. The van der Waals surface area contributed by atoms with Gasteiger partial charge in [0.2, 0.25) is 0 Å². The van der Waals surface area contributed by atoms with E-state index in [4.69, 9.17) is 18.9 Å². The molecule has 482 valence electrons. The number of nitrogens with zero attached hydrogens (tertiary/aromatic N) is 2. The lowest BCUT2D eigenvalue weighted by atomic mass is 9.30. The number of fused-ring (bicyclic) bond motifs is 8. The first-order valence-corrected chi connectivity index (χ1v) is 34.3. The van der Waals surface area contributed by atoms with Crippen LogP contribution in [0, 0.1) is 0 Å². The molecule has 0 bridgehead atoms. The second kappa shape index (κ2) is 21.7. The summed E-state index contributed by atoms with van der Waals surface area (Å²) in [6, 6.07) is 58.6. The molecule has 4 aliphatic heterocycles. The number of benzene rings is 9. The highest BCUT2D eigenvalue weighted by Gasteiger charge is 2.50. The first-order valence-electron chi connectivity index (χ1n) is 34.3. The Balaban J connectivity index is 1.15. The summed E-state index contributed by atoms with van der Waals surface area (Å²) >= 11 is 0. The fourth-order valence-corrected chi connectivity index (χ4v) is 14.4. The highest BCUT2D eigenvalue weighted by molar-refractivity contribution is 7.02. The molecule has 0 radical (unpaired) electrons. The van der Waals surface area contributed by atoms with Crippen molar-refractivity contribution in [1.82, 2.24) is 0 Å². The van der Waals surface area contributed by atoms with Crippen molar-refractivity contribution >= 4 is 80.3 Å². The van der Waals surface area contributed by atoms with E-state index >= 15 is 0 Å². The molecule has 94 heavy (non-hydrogen) atoms. The fraction of sp³-hybridized carbons (Fsp3) is 0.372. The van der Waals surface area contributed by atoms with Crippen LogP contribution in [-0.2, 0) is 43.3 Å². The first kappa shape index (κ1) is 64.6. The fourth-order valence-electron chi connectivity index (χ4n) is 14.4.